The average Bonchev–Trinajstić information content (AvgIpc) is 3.48. The number of halogens is 1. The Balaban J connectivity index is 1.52. The first kappa shape index (κ1) is 21.7. The highest BCUT2D eigenvalue weighted by Crippen LogP contribution is 2.52. The first-order chi connectivity index (χ1) is 16.4. The molecule has 0 spiro atoms. The zero-order valence-electron chi connectivity index (χ0n) is 18.6. The smallest absolute Gasteiger partial charge is 0.179 e. The number of nitrogens with zero attached hydrogens (tertiary/aromatic N) is 4. The molecule has 6 rings (SSSR count). The number of aliphatic hydroxyl groups is 2. The zero-order valence-corrected chi connectivity index (χ0v) is 20.2. The highest BCUT2D eigenvalue weighted by atomic mass is 79.9. The van der Waals surface area contributed by atoms with Crippen LogP contribution in [0.15, 0.2) is 47.3 Å². The van der Waals surface area contributed by atoms with Crippen molar-refractivity contribution in [2.75, 3.05) is 18.1 Å². The topological polar surface area (TPSA) is 131 Å². The summed E-state index contributed by atoms with van der Waals surface area (Å²) in [7, 11) is 1.80. The van der Waals surface area contributed by atoms with Crippen molar-refractivity contribution in [3.63, 3.8) is 0 Å². The van der Waals surface area contributed by atoms with Gasteiger partial charge in [-0.2, -0.15) is 0 Å². The number of hydrogen-bond donors (Lipinski definition) is 4. The van der Waals surface area contributed by atoms with Crippen molar-refractivity contribution < 1.29 is 14.9 Å². The van der Waals surface area contributed by atoms with Gasteiger partial charge in [-0.3, -0.25) is 0 Å². The summed E-state index contributed by atoms with van der Waals surface area (Å²) in [6.45, 7) is 0. The number of nitrogens with one attached hydrogen (secondary N) is 1. The van der Waals surface area contributed by atoms with Gasteiger partial charge in [0.25, 0.3) is 0 Å². The molecule has 4 atom stereocenters. The molecule has 0 radical (unpaired) electrons. The summed E-state index contributed by atoms with van der Waals surface area (Å²) in [6, 6.07) is 9.75. The Morgan fingerprint density at radius 3 is 2.94 bits per heavy atom. The summed E-state index contributed by atoms with van der Waals surface area (Å²) in [5, 5.41) is 28.0. The molecule has 2 aliphatic rings. The van der Waals surface area contributed by atoms with E-state index >= 15 is 0 Å². The van der Waals surface area contributed by atoms with Gasteiger partial charge < -0.3 is 30.6 Å². The van der Waals surface area contributed by atoms with Crippen molar-refractivity contribution in [2.24, 2.45) is 0 Å². The highest BCUT2D eigenvalue weighted by Gasteiger charge is 2.65. The molecule has 4 heterocycles. The molecular formula is C24H25BrN6O3. The van der Waals surface area contributed by atoms with Crippen molar-refractivity contribution in [1.82, 2.24) is 19.5 Å². The minimum Gasteiger partial charge on any atom is -0.385 e. The number of rotatable bonds is 4. The molecule has 5 N–H and O–H groups in total. The van der Waals surface area contributed by atoms with E-state index in [0.29, 0.717) is 36.5 Å². The van der Waals surface area contributed by atoms with E-state index < -0.39 is 23.5 Å². The maximum absolute atomic E-state index is 11.7. The molecule has 2 fully saturated rings. The van der Waals surface area contributed by atoms with E-state index in [-0.39, 0.29) is 0 Å². The SMILES string of the molecule is CNc1ncnc2c1ccn2C1(Cc2ccc3cc(Br)c(N)nc3c2)OC2CCCC2(O)C1O. The van der Waals surface area contributed by atoms with Gasteiger partial charge in [0.15, 0.2) is 5.72 Å². The van der Waals surface area contributed by atoms with Gasteiger partial charge in [-0.25, -0.2) is 15.0 Å². The number of pyridine rings is 1. The molecule has 10 heteroatoms. The lowest BCUT2D eigenvalue weighted by Gasteiger charge is -2.36. The van der Waals surface area contributed by atoms with Crippen LogP contribution < -0.4 is 11.1 Å². The first-order valence-electron chi connectivity index (χ1n) is 11.3. The van der Waals surface area contributed by atoms with E-state index in [4.69, 9.17) is 10.5 Å². The number of ether oxygens (including phenoxy) is 1. The predicted molar refractivity (Wildman–Crippen MR) is 132 cm³/mol. The van der Waals surface area contributed by atoms with Crippen LogP contribution in [0.1, 0.15) is 24.8 Å². The summed E-state index contributed by atoms with van der Waals surface area (Å²) in [4.78, 5) is 13.3. The third-order valence-electron chi connectivity index (χ3n) is 7.29. The summed E-state index contributed by atoms with van der Waals surface area (Å²) >= 11 is 3.43. The fraction of sp³-hybridized carbons (Fsp3) is 0.375. The molecule has 3 aromatic heterocycles. The molecule has 1 saturated carbocycles. The van der Waals surface area contributed by atoms with Crippen LogP contribution in [0.2, 0.25) is 0 Å². The van der Waals surface area contributed by atoms with Gasteiger partial charge in [0.05, 0.1) is 21.5 Å². The quantitative estimate of drug-likeness (QED) is 0.320. The Labute approximate surface area is 204 Å². The first-order valence-corrected chi connectivity index (χ1v) is 12.1. The number of anilines is 2. The number of fused-ring (bicyclic) bond motifs is 3. The van der Waals surface area contributed by atoms with E-state index in [2.05, 4.69) is 36.2 Å². The van der Waals surface area contributed by atoms with Crippen LogP contribution in [0, 0.1) is 0 Å². The lowest BCUT2D eigenvalue weighted by Crippen LogP contribution is -2.52. The maximum atomic E-state index is 11.7. The second-order valence-electron chi connectivity index (χ2n) is 9.19. The molecule has 1 aliphatic carbocycles. The Morgan fingerprint density at radius 1 is 1.29 bits per heavy atom. The van der Waals surface area contributed by atoms with E-state index in [1.54, 1.807) is 7.05 Å². The molecule has 1 saturated heterocycles. The van der Waals surface area contributed by atoms with Crippen LogP contribution in [-0.2, 0) is 16.9 Å². The van der Waals surface area contributed by atoms with Crippen molar-refractivity contribution >= 4 is 49.5 Å². The average molecular weight is 525 g/mol. The molecule has 1 aliphatic heterocycles. The molecular weight excluding hydrogens is 500 g/mol. The van der Waals surface area contributed by atoms with Gasteiger partial charge in [-0.05, 0) is 59.0 Å². The molecule has 4 aromatic rings. The lowest BCUT2D eigenvalue weighted by atomic mass is 9.86. The van der Waals surface area contributed by atoms with E-state index in [1.165, 1.54) is 6.33 Å². The predicted octanol–water partition coefficient (Wildman–Crippen LogP) is 2.94. The van der Waals surface area contributed by atoms with Crippen molar-refractivity contribution in [3.05, 3.63) is 52.9 Å². The Hall–Kier alpha value is -2.79. The molecule has 9 nitrogen and oxygen atoms in total. The number of nitrogens with two attached hydrogens (primary N) is 1. The maximum Gasteiger partial charge on any atom is 0.179 e. The van der Waals surface area contributed by atoms with Crippen LogP contribution in [0.3, 0.4) is 0 Å². The largest absolute Gasteiger partial charge is 0.385 e. The standard InChI is InChI=1S/C24H25BrN6O3/c1-27-20-15-6-8-31(21(15)29-12-28-20)24(22(32)23(33)7-2-3-18(23)34-24)11-13-4-5-14-10-16(25)19(26)30-17(14)9-13/h4-6,8-10,12,18,22,32-33H,2-3,7,11H2,1H3,(H2,26,30)(H,27,28,29). The third-order valence-corrected chi connectivity index (χ3v) is 7.93. The van der Waals surface area contributed by atoms with Gasteiger partial charge >= 0.3 is 0 Å². The molecule has 34 heavy (non-hydrogen) atoms. The summed E-state index contributed by atoms with van der Waals surface area (Å²) in [5.41, 5.74) is 5.70. The Bertz CT molecular complexity index is 1430. The van der Waals surface area contributed by atoms with Gasteiger partial charge in [0.1, 0.15) is 35.3 Å². The zero-order chi connectivity index (χ0) is 23.7. The second kappa shape index (κ2) is 7.61. The monoisotopic (exact) mass is 524 g/mol. The number of benzene rings is 1. The fourth-order valence-electron chi connectivity index (χ4n) is 5.63. The van der Waals surface area contributed by atoms with Gasteiger partial charge in [-0.15, -0.1) is 0 Å². The summed E-state index contributed by atoms with van der Waals surface area (Å²) in [5.74, 6) is 1.09. The van der Waals surface area contributed by atoms with Gasteiger partial charge in [0, 0.05) is 25.1 Å². The molecule has 0 amide bonds. The van der Waals surface area contributed by atoms with Gasteiger partial charge in [-0.1, -0.05) is 12.1 Å². The van der Waals surface area contributed by atoms with Crippen LogP contribution in [0.4, 0.5) is 11.6 Å². The Kier molecular flexibility index (Phi) is 4.86. The lowest BCUT2D eigenvalue weighted by molar-refractivity contribution is -0.143. The number of aromatic nitrogens is 4. The van der Waals surface area contributed by atoms with Crippen molar-refractivity contribution in [1.29, 1.82) is 0 Å². The third kappa shape index (κ3) is 2.99. The Morgan fingerprint density at radius 2 is 2.15 bits per heavy atom. The number of nitrogen functional groups attached to an aromatic ring is 1. The summed E-state index contributed by atoms with van der Waals surface area (Å²) < 4.78 is 9.19. The van der Waals surface area contributed by atoms with Crippen molar-refractivity contribution in [3.8, 4) is 0 Å². The molecule has 1 aromatic carbocycles. The minimum atomic E-state index is -1.32. The normalized spacial score (nSPS) is 28.6. The minimum absolute atomic E-state index is 0.309. The molecule has 0 bridgehead atoms. The molecule has 4 unspecified atom stereocenters. The van der Waals surface area contributed by atoms with Crippen LogP contribution in [-0.4, -0.2) is 54.6 Å². The van der Waals surface area contributed by atoms with Gasteiger partial charge in [0.2, 0.25) is 0 Å². The molecule has 176 valence electrons. The van der Waals surface area contributed by atoms with Crippen LogP contribution in [0.5, 0.6) is 0 Å². The van der Waals surface area contributed by atoms with E-state index in [1.807, 2.05) is 41.1 Å². The second-order valence-corrected chi connectivity index (χ2v) is 10.0. The van der Waals surface area contributed by atoms with Crippen LogP contribution in [0.25, 0.3) is 21.9 Å². The number of aliphatic hydroxyl groups excluding tert-OH is 1. The van der Waals surface area contributed by atoms with Crippen molar-refractivity contribution in [2.45, 2.75) is 49.2 Å². The van der Waals surface area contributed by atoms with E-state index in [9.17, 15) is 10.2 Å². The highest BCUT2D eigenvalue weighted by molar-refractivity contribution is 9.10. The number of hydrogen-bond acceptors (Lipinski definition) is 8. The van der Waals surface area contributed by atoms with Crippen LogP contribution >= 0.6 is 15.9 Å². The summed E-state index contributed by atoms with van der Waals surface area (Å²) in [6.07, 6.45) is 4.00. The van der Waals surface area contributed by atoms with E-state index in [0.717, 1.165) is 32.7 Å². The fourth-order valence-corrected chi connectivity index (χ4v) is 5.96.